The zero-order chi connectivity index (χ0) is 17.4. The maximum atomic E-state index is 12.5. The molecule has 2 unspecified atom stereocenters. The Morgan fingerprint density at radius 1 is 1.17 bits per heavy atom. The van der Waals surface area contributed by atoms with Crippen LogP contribution in [0.5, 0.6) is 0 Å². The topological polar surface area (TPSA) is 112 Å². The van der Waals surface area contributed by atoms with E-state index in [9.17, 15) is 14.7 Å². The van der Waals surface area contributed by atoms with Gasteiger partial charge in [-0.1, -0.05) is 30.3 Å². The number of rotatable bonds is 8. The number of nitrogens with one attached hydrogen (secondary N) is 2. The predicted molar refractivity (Wildman–Crippen MR) is 86.4 cm³/mol. The summed E-state index contributed by atoms with van der Waals surface area (Å²) in [6.45, 7) is -0.275. The number of carboxylic acid groups (broad SMARTS) is 1. The van der Waals surface area contributed by atoms with Crippen LogP contribution in [0, 0.1) is 0 Å². The van der Waals surface area contributed by atoms with Crippen LogP contribution in [0.2, 0.25) is 0 Å². The number of aromatic amines is 1. The lowest BCUT2D eigenvalue weighted by molar-refractivity contribution is -0.147. The van der Waals surface area contributed by atoms with Gasteiger partial charge in [-0.2, -0.15) is 0 Å². The molecule has 7 heteroatoms. The van der Waals surface area contributed by atoms with E-state index in [0.717, 1.165) is 5.56 Å². The maximum Gasteiger partial charge on any atom is 0.404 e. The van der Waals surface area contributed by atoms with Crippen LogP contribution in [0.4, 0.5) is 4.79 Å². The summed E-state index contributed by atoms with van der Waals surface area (Å²) in [6, 6.07) is 12.0. The molecule has 0 radical (unpaired) electrons. The first kappa shape index (κ1) is 17.6. The van der Waals surface area contributed by atoms with Gasteiger partial charge >= 0.3 is 12.1 Å². The van der Waals surface area contributed by atoms with Gasteiger partial charge in [0.05, 0.1) is 18.6 Å². The Morgan fingerprint density at radius 2 is 1.92 bits per heavy atom. The number of hydrogen-bond donors (Lipinski definition) is 4. The van der Waals surface area contributed by atoms with Crippen LogP contribution in [-0.2, 0) is 16.1 Å². The van der Waals surface area contributed by atoms with Crippen LogP contribution in [0.15, 0.2) is 48.7 Å². The molecule has 24 heavy (non-hydrogen) atoms. The largest absolute Gasteiger partial charge is 0.465 e. The van der Waals surface area contributed by atoms with Gasteiger partial charge < -0.3 is 25.3 Å². The van der Waals surface area contributed by atoms with Crippen LogP contribution < -0.4 is 5.32 Å². The lowest BCUT2D eigenvalue weighted by atomic mass is 9.97. The van der Waals surface area contributed by atoms with Crippen LogP contribution in [-0.4, -0.2) is 39.9 Å². The van der Waals surface area contributed by atoms with Crippen molar-refractivity contribution >= 4 is 12.1 Å². The van der Waals surface area contributed by atoms with Crippen molar-refractivity contribution in [3.05, 3.63) is 59.9 Å². The van der Waals surface area contributed by atoms with Crippen molar-refractivity contribution in [2.45, 2.75) is 25.0 Å². The number of esters is 1. The predicted octanol–water partition coefficient (Wildman–Crippen LogP) is 1.86. The highest BCUT2D eigenvalue weighted by atomic mass is 16.5. The summed E-state index contributed by atoms with van der Waals surface area (Å²) in [5.74, 6) is -1.18. The number of aliphatic hydroxyl groups excluding tert-OH is 1. The van der Waals surface area contributed by atoms with Gasteiger partial charge in [0.15, 0.2) is 0 Å². The number of amides is 1. The standard InChI is InChI=1S/C17H20N2O5/c20-10-13(19-17(22)23)9-14(15-7-4-8-18-15)16(21)24-11-12-5-2-1-3-6-12/h1-8,13-14,18-20H,9-11H2,(H,22,23). The Labute approximate surface area is 139 Å². The van der Waals surface area contributed by atoms with Crippen LogP contribution in [0.25, 0.3) is 0 Å². The normalized spacial score (nSPS) is 13.0. The quantitative estimate of drug-likeness (QED) is 0.551. The molecule has 0 spiro atoms. The molecule has 0 bridgehead atoms. The first-order valence-corrected chi connectivity index (χ1v) is 7.54. The number of H-pyrrole nitrogens is 1. The van der Waals surface area contributed by atoms with E-state index < -0.39 is 30.6 Å². The van der Waals surface area contributed by atoms with Gasteiger partial charge in [0, 0.05) is 11.9 Å². The Balaban J connectivity index is 2.05. The van der Waals surface area contributed by atoms with Crippen molar-refractivity contribution in [1.82, 2.24) is 10.3 Å². The number of carbonyl (C=O) groups is 2. The molecule has 0 saturated carbocycles. The Morgan fingerprint density at radius 3 is 2.50 bits per heavy atom. The third-order valence-corrected chi connectivity index (χ3v) is 3.57. The third-order valence-electron chi connectivity index (χ3n) is 3.57. The van der Waals surface area contributed by atoms with Gasteiger partial charge in [0.25, 0.3) is 0 Å². The second kappa shape index (κ2) is 8.73. The molecule has 1 aromatic heterocycles. The minimum atomic E-state index is -1.25. The molecule has 1 aromatic carbocycles. The van der Waals surface area contributed by atoms with Crippen LogP contribution >= 0.6 is 0 Å². The van der Waals surface area contributed by atoms with Crippen molar-refractivity contribution in [3.63, 3.8) is 0 Å². The Hall–Kier alpha value is -2.80. The summed E-state index contributed by atoms with van der Waals surface area (Å²) < 4.78 is 5.35. The second-order valence-electron chi connectivity index (χ2n) is 5.34. The van der Waals surface area contributed by atoms with Crippen molar-refractivity contribution < 1.29 is 24.5 Å². The van der Waals surface area contributed by atoms with Crippen LogP contribution in [0.3, 0.4) is 0 Å². The average Bonchev–Trinajstić information content (AvgIpc) is 3.11. The molecule has 2 atom stereocenters. The van der Waals surface area contributed by atoms with Gasteiger partial charge in [-0.3, -0.25) is 4.79 Å². The molecule has 2 aromatic rings. The van der Waals surface area contributed by atoms with Gasteiger partial charge in [-0.25, -0.2) is 4.79 Å². The number of carbonyl (C=O) groups excluding carboxylic acids is 1. The van der Waals surface area contributed by atoms with Crippen molar-refractivity contribution in [2.24, 2.45) is 0 Å². The van der Waals surface area contributed by atoms with Crippen molar-refractivity contribution in [3.8, 4) is 0 Å². The van der Waals surface area contributed by atoms with E-state index in [1.54, 1.807) is 18.3 Å². The molecule has 1 amide bonds. The zero-order valence-electron chi connectivity index (χ0n) is 13.0. The number of benzene rings is 1. The van der Waals surface area contributed by atoms with Crippen molar-refractivity contribution in [2.75, 3.05) is 6.61 Å². The molecule has 1 heterocycles. The summed E-state index contributed by atoms with van der Waals surface area (Å²) in [4.78, 5) is 26.2. The Bertz CT molecular complexity index is 642. The molecule has 0 saturated heterocycles. The zero-order valence-corrected chi connectivity index (χ0v) is 13.0. The van der Waals surface area contributed by atoms with E-state index in [-0.39, 0.29) is 13.0 Å². The fraction of sp³-hybridized carbons (Fsp3) is 0.294. The highest BCUT2D eigenvalue weighted by Crippen LogP contribution is 2.22. The van der Waals surface area contributed by atoms with Crippen molar-refractivity contribution in [1.29, 1.82) is 0 Å². The summed E-state index contributed by atoms with van der Waals surface area (Å²) in [7, 11) is 0. The van der Waals surface area contributed by atoms with Gasteiger partial charge in [-0.15, -0.1) is 0 Å². The maximum absolute atomic E-state index is 12.5. The highest BCUT2D eigenvalue weighted by Gasteiger charge is 2.27. The lowest BCUT2D eigenvalue weighted by Crippen LogP contribution is -2.39. The SMILES string of the molecule is O=C(O)NC(CO)CC(C(=O)OCc1ccccc1)c1ccc[nH]1. The summed E-state index contributed by atoms with van der Waals surface area (Å²) in [5.41, 5.74) is 1.47. The average molecular weight is 332 g/mol. The molecule has 128 valence electrons. The van der Waals surface area contributed by atoms with Crippen LogP contribution in [0.1, 0.15) is 23.6 Å². The summed E-state index contributed by atoms with van der Waals surface area (Å²) >= 11 is 0. The smallest absolute Gasteiger partial charge is 0.404 e. The van der Waals surface area contributed by atoms with E-state index in [2.05, 4.69) is 10.3 Å². The molecular weight excluding hydrogens is 312 g/mol. The fourth-order valence-corrected chi connectivity index (χ4v) is 2.38. The number of ether oxygens (including phenoxy) is 1. The fourth-order valence-electron chi connectivity index (χ4n) is 2.38. The lowest BCUT2D eigenvalue weighted by Gasteiger charge is -2.20. The molecule has 0 aliphatic carbocycles. The molecule has 7 nitrogen and oxygen atoms in total. The molecule has 0 aliphatic rings. The number of hydrogen-bond acceptors (Lipinski definition) is 4. The van der Waals surface area contributed by atoms with Gasteiger partial charge in [0.2, 0.25) is 0 Å². The Kier molecular flexibility index (Phi) is 6.39. The highest BCUT2D eigenvalue weighted by molar-refractivity contribution is 5.77. The number of aliphatic hydroxyl groups is 1. The van der Waals surface area contributed by atoms with E-state index in [1.165, 1.54) is 0 Å². The van der Waals surface area contributed by atoms with E-state index in [1.807, 2.05) is 30.3 Å². The number of aromatic nitrogens is 1. The minimum Gasteiger partial charge on any atom is -0.465 e. The second-order valence-corrected chi connectivity index (χ2v) is 5.34. The first-order valence-electron chi connectivity index (χ1n) is 7.54. The van der Waals surface area contributed by atoms with E-state index >= 15 is 0 Å². The molecule has 0 aliphatic heterocycles. The molecular formula is C17H20N2O5. The summed E-state index contributed by atoms with van der Waals surface area (Å²) in [5, 5.41) is 20.3. The third kappa shape index (κ3) is 5.13. The van der Waals surface area contributed by atoms with E-state index in [0.29, 0.717) is 5.69 Å². The van der Waals surface area contributed by atoms with Gasteiger partial charge in [0.1, 0.15) is 6.61 Å². The summed E-state index contributed by atoms with van der Waals surface area (Å²) in [6.07, 6.45) is 0.513. The first-order chi connectivity index (χ1) is 11.6. The molecule has 4 N–H and O–H groups in total. The van der Waals surface area contributed by atoms with E-state index in [4.69, 9.17) is 9.84 Å². The van der Waals surface area contributed by atoms with Gasteiger partial charge in [-0.05, 0) is 24.1 Å². The minimum absolute atomic E-state index is 0.0942. The monoisotopic (exact) mass is 332 g/mol. The molecule has 2 rings (SSSR count). The molecule has 0 fully saturated rings.